The molecular weight excluding hydrogens is 400 g/mol. The van der Waals surface area contributed by atoms with Gasteiger partial charge < -0.3 is 14.2 Å². The summed E-state index contributed by atoms with van der Waals surface area (Å²) in [6.45, 7) is 5.75. The summed E-state index contributed by atoms with van der Waals surface area (Å²) in [5, 5.41) is 1.20. The van der Waals surface area contributed by atoms with E-state index in [0.717, 1.165) is 0 Å². The molecule has 2 aromatic rings. The maximum absolute atomic E-state index is 12.7. The minimum Gasteiger partial charge on any atom is -0.490 e. The normalized spacial score (nSPS) is 15.6. The van der Waals surface area contributed by atoms with Crippen LogP contribution in [0.5, 0.6) is 11.5 Å². The van der Waals surface area contributed by atoms with E-state index in [4.69, 9.17) is 14.2 Å². The number of nitrogens with one attached hydrogen (secondary N) is 1. The molecule has 2 aromatic carbocycles. The van der Waals surface area contributed by atoms with E-state index in [9.17, 15) is 14.4 Å². The van der Waals surface area contributed by atoms with Crippen LogP contribution < -0.4 is 19.9 Å². The number of carbonyl (C=O) groups excluding carboxylic acids is 3. The molecule has 1 aliphatic rings. The summed E-state index contributed by atoms with van der Waals surface area (Å²) in [6, 6.07) is 13.8. The zero-order valence-electron chi connectivity index (χ0n) is 17.6. The van der Waals surface area contributed by atoms with E-state index in [1.165, 1.54) is 11.1 Å². The summed E-state index contributed by atoms with van der Waals surface area (Å²) >= 11 is 0. The standard InChI is InChI=1S/C23H24N2O6/c1-4-29-20-14-16(11-12-19(20)31-15(3)23(28)30-5-2)13-18-21(26)24-25(22(18)27)17-9-7-6-8-10-17/h6-15H,4-5H2,1-3H3,(H,24,26)/b18-13-/t15-/m0/s1. The van der Waals surface area contributed by atoms with Crippen LogP contribution >= 0.6 is 0 Å². The number of hydrogen-bond donors (Lipinski definition) is 1. The fourth-order valence-corrected chi connectivity index (χ4v) is 2.96. The summed E-state index contributed by atoms with van der Waals surface area (Å²) in [6.07, 6.45) is 0.673. The molecule has 0 aromatic heterocycles. The predicted molar refractivity (Wildman–Crippen MR) is 114 cm³/mol. The SMILES string of the molecule is CCOC(=O)[C@H](C)Oc1ccc(/C=C2/C(=O)NN(c3ccccc3)C2=O)cc1OCC. The molecule has 1 saturated heterocycles. The fraction of sp³-hybridized carbons (Fsp3) is 0.261. The molecule has 31 heavy (non-hydrogen) atoms. The van der Waals surface area contributed by atoms with E-state index >= 15 is 0 Å². The van der Waals surface area contributed by atoms with Crippen LogP contribution in [0.25, 0.3) is 6.08 Å². The lowest BCUT2D eigenvalue weighted by Crippen LogP contribution is -2.35. The van der Waals surface area contributed by atoms with Crippen molar-refractivity contribution in [2.45, 2.75) is 26.9 Å². The van der Waals surface area contributed by atoms with Gasteiger partial charge in [-0.2, -0.15) is 0 Å². The molecule has 8 heteroatoms. The first-order chi connectivity index (χ1) is 14.9. The molecule has 0 saturated carbocycles. The molecular formula is C23H24N2O6. The topological polar surface area (TPSA) is 94.2 Å². The highest BCUT2D eigenvalue weighted by Gasteiger charge is 2.34. The van der Waals surface area contributed by atoms with Crippen molar-refractivity contribution in [3.63, 3.8) is 0 Å². The molecule has 1 aliphatic heterocycles. The van der Waals surface area contributed by atoms with E-state index in [2.05, 4.69) is 5.43 Å². The number of hydrogen-bond acceptors (Lipinski definition) is 6. The van der Waals surface area contributed by atoms with Gasteiger partial charge in [-0.15, -0.1) is 0 Å². The Morgan fingerprint density at radius 1 is 1.06 bits per heavy atom. The molecule has 0 radical (unpaired) electrons. The van der Waals surface area contributed by atoms with E-state index in [-0.39, 0.29) is 12.2 Å². The first-order valence-electron chi connectivity index (χ1n) is 9.96. The minimum absolute atomic E-state index is 0.000128. The second kappa shape index (κ2) is 9.80. The van der Waals surface area contributed by atoms with Crippen LogP contribution in [0, 0.1) is 0 Å². The van der Waals surface area contributed by atoms with Crippen LogP contribution in [0.4, 0.5) is 5.69 Å². The Labute approximate surface area is 180 Å². The average Bonchev–Trinajstić information content (AvgIpc) is 3.04. The van der Waals surface area contributed by atoms with Gasteiger partial charge in [0.05, 0.1) is 18.9 Å². The molecule has 162 valence electrons. The molecule has 2 amide bonds. The van der Waals surface area contributed by atoms with Gasteiger partial charge in [-0.05, 0) is 56.7 Å². The molecule has 3 rings (SSSR count). The van der Waals surface area contributed by atoms with Crippen LogP contribution in [0.15, 0.2) is 54.1 Å². The van der Waals surface area contributed by atoms with Gasteiger partial charge in [0.2, 0.25) is 0 Å². The Hall–Kier alpha value is -3.81. The third-order valence-corrected chi connectivity index (χ3v) is 4.41. The van der Waals surface area contributed by atoms with Crippen LogP contribution in [-0.4, -0.2) is 37.1 Å². The highest BCUT2D eigenvalue weighted by Crippen LogP contribution is 2.31. The van der Waals surface area contributed by atoms with E-state index in [0.29, 0.717) is 29.4 Å². The van der Waals surface area contributed by atoms with Crippen molar-refractivity contribution in [3.8, 4) is 11.5 Å². The zero-order chi connectivity index (χ0) is 22.4. The maximum Gasteiger partial charge on any atom is 0.347 e. The summed E-state index contributed by atoms with van der Waals surface area (Å²) in [5.41, 5.74) is 3.70. The van der Waals surface area contributed by atoms with Gasteiger partial charge in [-0.3, -0.25) is 15.0 Å². The average molecular weight is 424 g/mol. The third kappa shape index (κ3) is 5.03. The Morgan fingerprint density at radius 2 is 1.81 bits per heavy atom. The highest BCUT2D eigenvalue weighted by molar-refractivity contribution is 6.31. The van der Waals surface area contributed by atoms with Crippen molar-refractivity contribution < 1.29 is 28.6 Å². The summed E-state index contributed by atoms with van der Waals surface area (Å²) < 4.78 is 16.3. The predicted octanol–water partition coefficient (Wildman–Crippen LogP) is 2.88. The number of benzene rings is 2. The number of ether oxygens (including phenoxy) is 3. The first kappa shape index (κ1) is 21.9. The number of hydrazine groups is 1. The van der Waals surface area contributed by atoms with Gasteiger partial charge in [0.25, 0.3) is 11.8 Å². The van der Waals surface area contributed by atoms with Gasteiger partial charge >= 0.3 is 5.97 Å². The molecule has 0 spiro atoms. The third-order valence-electron chi connectivity index (χ3n) is 4.41. The molecule has 0 bridgehead atoms. The van der Waals surface area contributed by atoms with E-state index < -0.39 is 23.9 Å². The second-order valence-corrected chi connectivity index (χ2v) is 6.63. The lowest BCUT2D eigenvalue weighted by Gasteiger charge is -2.16. The number of esters is 1. The smallest absolute Gasteiger partial charge is 0.347 e. The van der Waals surface area contributed by atoms with Gasteiger partial charge in [0.15, 0.2) is 17.6 Å². The first-order valence-corrected chi connectivity index (χ1v) is 9.96. The number of carbonyl (C=O) groups is 3. The number of rotatable bonds is 8. The van der Waals surface area contributed by atoms with Crippen molar-refractivity contribution in [2.24, 2.45) is 0 Å². The van der Waals surface area contributed by atoms with Crippen LogP contribution in [-0.2, 0) is 19.1 Å². The largest absolute Gasteiger partial charge is 0.490 e. The van der Waals surface area contributed by atoms with Crippen LogP contribution in [0.1, 0.15) is 26.3 Å². The number of anilines is 1. The van der Waals surface area contributed by atoms with Gasteiger partial charge in [0, 0.05) is 0 Å². The molecule has 1 fully saturated rings. The Morgan fingerprint density at radius 3 is 2.48 bits per heavy atom. The van der Waals surface area contributed by atoms with Crippen molar-refractivity contribution in [1.29, 1.82) is 0 Å². The zero-order valence-corrected chi connectivity index (χ0v) is 17.6. The van der Waals surface area contributed by atoms with Gasteiger partial charge in [0.1, 0.15) is 5.57 Å². The van der Waals surface area contributed by atoms with Crippen molar-refractivity contribution in [1.82, 2.24) is 5.43 Å². The molecule has 1 N–H and O–H groups in total. The summed E-state index contributed by atoms with van der Waals surface area (Å²) in [4.78, 5) is 37.0. The quantitative estimate of drug-likeness (QED) is 0.398. The maximum atomic E-state index is 12.7. The number of amides is 2. The van der Waals surface area contributed by atoms with Crippen molar-refractivity contribution in [3.05, 3.63) is 59.7 Å². The molecule has 0 aliphatic carbocycles. The van der Waals surface area contributed by atoms with Crippen molar-refractivity contribution >= 4 is 29.5 Å². The molecule has 8 nitrogen and oxygen atoms in total. The Kier molecular flexibility index (Phi) is 6.92. The van der Waals surface area contributed by atoms with Gasteiger partial charge in [-0.1, -0.05) is 24.3 Å². The summed E-state index contributed by atoms with van der Waals surface area (Å²) in [5.74, 6) is -0.685. The molecule has 0 unspecified atom stereocenters. The van der Waals surface area contributed by atoms with E-state index in [1.54, 1.807) is 56.3 Å². The lowest BCUT2D eigenvalue weighted by atomic mass is 10.1. The fourth-order valence-electron chi connectivity index (χ4n) is 2.96. The van der Waals surface area contributed by atoms with Gasteiger partial charge in [-0.25, -0.2) is 9.80 Å². The minimum atomic E-state index is -0.815. The second-order valence-electron chi connectivity index (χ2n) is 6.63. The van der Waals surface area contributed by atoms with Crippen LogP contribution in [0.3, 0.4) is 0 Å². The monoisotopic (exact) mass is 424 g/mol. The summed E-state index contributed by atoms with van der Waals surface area (Å²) in [7, 11) is 0. The van der Waals surface area contributed by atoms with Crippen LogP contribution in [0.2, 0.25) is 0 Å². The number of nitrogens with zero attached hydrogens (tertiary/aromatic N) is 1. The Balaban J connectivity index is 1.85. The molecule has 1 atom stereocenters. The molecule has 1 heterocycles. The number of para-hydroxylation sites is 1. The highest BCUT2D eigenvalue weighted by atomic mass is 16.6. The van der Waals surface area contributed by atoms with Crippen molar-refractivity contribution in [2.75, 3.05) is 18.2 Å². The lowest BCUT2D eigenvalue weighted by molar-refractivity contribution is -0.150. The van der Waals surface area contributed by atoms with E-state index in [1.807, 2.05) is 13.0 Å². The Bertz CT molecular complexity index is 1000.